The molecule has 31 heavy (non-hydrogen) atoms. The third-order valence-corrected chi connectivity index (χ3v) is 6.36. The highest BCUT2D eigenvalue weighted by Gasteiger charge is 2.18. The predicted molar refractivity (Wildman–Crippen MR) is 119 cm³/mol. The molecular formula is C25H19NO4S. The topological polar surface area (TPSA) is 72.5 Å². The van der Waals surface area contributed by atoms with Gasteiger partial charge in [-0.05, 0) is 72.8 Å². The summed E-state index contributed by atoms with van der Waals surface area (Å²) in [6.07, 6.45) is 0. The SMILES string of the molecule is O=C(Nc1ccccc1)c1ccc(S(=O)(=O)c2ccc(Oc3ccccc3)cc2)cc1. The highest BCUT2D eigenvalue weighted by molar-refractivity contribution is 7.91. The molecule has 0 radical (unpaired) electrons. The summed E-state index contributed by atoms with van der Waals surface area (Å²) in [5.41, 5.74) is 1.04. The Bertz CT molecular complexity index is 1270. The number of carbonyl (C=O) groups is 1. The Morgan fingerprint density at radius 3 is 1.68 bits per heavy atom. The number of ether oxygens (including phenoxy) is 1. The van der Waals surface area contributed by atoms with Gasteiger partial charge in [0.2, 0.25) is 9.84 Å². The number of hydrogen-bond donors (Lipinski definition) is 1. The van der Waals surface area contributed by atoms with Gasteiger partial charge in [-0.1, -0.05) is 36.4 Å². The fourth-order valence-electron chi connectivity index (χ4n) is 2.96. The number of rotatable bonds is 6. The molecule has 1 amide bonds. The Kier molecular flexibility index (Phi) is 5.82. The lowest BCUT2D eigenvalue weighted by Gasteiger charge is -2.09. The fourth-order valence-corrected chi connectivity index (χ4v) is 4.22. The maximum Gasteiger partial charge on any atom is 0.255 e. The van der Waals surface area contributed by atoms with Crippen LogP contribution in [-0.4, -0.2) is 14.3 Å². The predicted octanol–water partition coefficient (Wildman–Crippen LogP) is 5.56. The molecule has 0 fully saturated rings. The van der Waals surface area contributed by atoms with Crippen molar-refractivity contribution in [2.45, 2.75) is 9.79 Å². The van der Waals surface area contributed by atoms with Crippen LogP contribution < -0.4 is 10.1 Å². The molecule has 0 unspecified atom stereocenters. The van der Waals surface area contributed by atoms with E-state index in [0.29, 0.717) is 22.7 Å². The third-order valence-electron chi connectivity index (χ3n) is 4.57. The van der Waals surface area contributed by atoms with Crippen molar-refractivity contribution >= 4 is 21.4 Å². The summed E-state index contributed by atoms with van der Waals surface area (Å²) in [5.74, 6) is 0.901. The second-order valence-corrected chi connectivity index (χ2v) is 8.68. The van der Waals surface area contributed by atoms with Gasteiger partial charge in [0.1, 0.15) is 11.5 Å². The summed E-state index contributed by atoms with van der Waals surface area (Å²) < 4.78 is 31.6. The van der Waals surface area contributed by atoms with E-state index in [-0.39, 0.29) is 15.7 Å². The Morgan fingerprint density at radius 1 is 0.613 bits per heavy atom. The van der Waals surface area contributed by atoms with Crippen LogP contribution >= 0.6 is 0 Å². The Morgan fingerprint density at radius 2 is 1.10 bits per heavy atom. The number of hydrogen-bond acceptors (Lipinski definition) is 4. The molecular weight excluding hydrogens is 410 g/mol. The average Bonchev–Trinajstić information content (AvgIpc) is 2.81. The van der Waals surface area contributed by atoms with Gasteiger partial charge in [-0.25, -0.2) is 8.42 Å². The second-order valence-electron chi connectivity index (χ2n) is 6.73. The number of nitrogens with one attached hydrogen (secondary N) is 1. The summed E-state index contributed by atoms with van der Waals surface area (Å²) >= 11 is 0. The fraction of sp³-hybridized carbons (Fsp3) is 0. The van der Waals surface area contributed by atoms with Gasteiger partial charge in [0.25, 0.3) is 5.91 Å². The van der Waals surface area contributed by atoms with Crippen LogP contribution in [0.1, 0.15) is 10.4 Å². The molecule has 154 valence electrons. The Balaban J connectivity index is 1.48. The smallest absolute Gasteiger partial charge is 0.255 e. The van der Waals surface area contributed by atoms with Crippen LogP contribution in [0, 0.1) is 0 Å². The van der Waals surface area contributed by atoms with Crippen LogP contribution in [0.3, 0.4) is 0 Å². The van der Waals surface area contributed by atoms with E-state index in [1.165, 1.54) is 36.4 Å². The van der Waals surface area contributed by atoms with Crippen LogP contribution in [0.25, 0.3) is 0 Å². The summed E-state index contributed by atoms with van der Waals surface area (Å²) in [5, 5.41) is 2.77. The van der Waals surface area contributed by atoms with E-state index in [0.717, 1.165) is 0 Å². The molecule has 0 aromatic heterocycles. The van der Waals surface area contributed by atoms with Crippen molar-refractivity contribution in [3.63, 3.8) is 0 Å². The van der Waals surface area contributed by atoms with Gasteiger partial charge < -0.3 is 10.1 Å². The van der Waals surface area contributed by atoms with Gasteiger partial charge in [0.05, 0.1) is 9.79 Å². The van der Waals surface area contributed by atoms with Gasteiger partial charge in [-0.3, -0.25) is 4.79 Å². The Labute approximate surface area is 180 Å². The van der Waals surface area contributed by atoms with Gasteiger partial charge in [0, 0.05) is 11.3 Å². The summed E-state index contributed by atoms with van der Waals surface area (Å²) in [6.45, 7) is 0. The Hall–Kier alpha value is -3.90. The third kappa shape index (κ3) is 4.82. The van der Waals surface area contributed by atoms with E-state index in [9.17, 15) is 13.2 Å². The van der Waals surface area contributed by atoms with Crippen molar-refractivity contribution in [2.24, 2.45) is 0 Å². The van der Waals surface area contributed by atoms with E-state index >= 15 is 0 Å². The second kappa shape index (κ2) is 8.85. The lowest BCUT2D eigenvalue weighted by Crippen LogP contribution is -2.12. The van der Waals surface area contributed by atoms with Gasteiger partial charge in [-0.2, -0.15) is 0 Å². The summed E-state index contributed by atoms with van der Waals surface area (Å²) in [7, 11) is -3.72. The van der Waals surface area contributed by atoms with Gasteiger partial charge in [0.15, 0.2) is 0 Å². The van der Waals surface area contributed by atoms with Crippen molar-refractivity contribution in [3.8, 4) is 11.5 Å². The summed E-state index contributed by atoms with van der Waals surface area (Å²) in [4.78, 5) is 12.6. The molecule has 0 aliphatic carbocycles. The zero-order valence-electron chi connectivity index (χ0n) is 16.4. The van der Waals surface area contributed by atoms with Crippen molar-refractivity contribution in [2.75, 3.05) is 5.32 Å². The number of carbonyl (C=O) groups excluding carboxylic acids is 1. The van der Waals surface area contributed by atoms with Crippen molar-refractivity contribution in [1.29, 1.82) is 0 Å². The number of amides is 1. The summed E-state index contributed by atoms with van der Waals surface area (Å²) in [6, 6.07) is 30.4. The number of benzene rings is 4. The highest BCUT2D eigenvalue weighted by Crippen LogP contribution is 2.26. The average molecular weight is 429 g/mol. The molecule has 4 rings (SSSR count). The molecule has 0 heterocycles. The van der Waals surface area contributed by atoms with Gasteiger partial charge >= 0.3 is 0 Å². The van der Waals surface area contributed by atoms with E-state index in [2.05, 4.69) is 5.32 Å². The lowest BCUT2D eigenvalue weighted by molar-refractivity contribution is 0.102. The minimum atomic E-state index is -3.72. The van der Waals surface area contributed by atoms with E-state index in [1.54, 1.807) is 24.3 Å². The lowest BCUT2D eigenvalue weighted by atomic mass is 10.2. The first-order valence-corrected chi connectivity index (χ1v) is 11.1. The van der Waals surface area contributed by atoms with Crippen LogP contribution in [0.5, 0.6) is 11.5 Å². The molecule has 5 nitrogen and oxygen atoms in total. The van der Waals surface area contributed by atoms with Crippen molar-refractivity contribution in [3.05, 3.63) is 115 Å². The molecule has 0 atom stereocenters. The number of anilines is 1. The molecule has 6 heteroatoms. The largest absolute Gasteiger partial charge is 0.457 e. The molecule has 0 aliphatic rings. The first-order chi connectivity index (χ1) is 15.0. The molecule has 0 saturated heterocycles. The first kappa shape index (κ1) is 20.4. The number of sulfone groups is 1. The molecule has 4 aromatic rings. The highest BCUT2D eigenvalue weighted by atomic mass is 32.2. The van der Waals surface area contributed by atoms with Crippen LogP contribution in [-0.2, 0) is 9.84 Å². The molecule has 0 spiro atoms. The zero-order valence-corrected chi connectivity index (χ0v) is 17.3. The van der Waals surface area contributed by atoms with E-state index < -0.39 is 9.84 Å². The normalized spacial score (nSPS) is 11.0. The monoisotopic (exact) mass is 429 g/mol. The minimum Gasteiger partial charge on any atom is -0.457 e. The maximum atomic E-state index is 12.9. The van der Waals surface area contributed by atoms with Crippen molar-refractivity contribution < 1.29 is 17.9 Å². The zero-order chi connectivity index (χ0) is 21.7. The van der Waals surface area contributed by atoms with Crippen LogP contribution in [0.2, 0.25) is 0 Å². The van der Waals surface area contributed by atoms with Crippen LogP contribution in [0.4, 0.5) is 5.69 Å². The standard InChI is InChI=1S/C25H19NO4S/c27-25(26-20-7-3-1-4-8-20)19-11-15-23(16-12-19)31(28,29)24-17-13-22(14-18-24)30-21-9-5-2-6-10-21/h1-18H,(H,26,27). The quantitative estimate of drug-likeness (QED) is 0.435. The maximum absolute atomic E-state index is 12.9. The molecule has 4 aromatic carbocycles. The molecule has 1 N–H and O–H groups in total. The van der Waals surface area contributed by atoms with Crippen LogP contribution in [0.15, 0.2) is 119 Å². The van der Waals surface area contributed by atoms with Crippen molar-refractivity contribution in [1.82, 2.24) is 0 Å². The van der Waals surface area contributed by atoms with E-state index in [4.69, 9.17) is 4.74 Å². The molecule has 0 aliphatic heterocycles. The van der Waals surface area contributed by atoms with E-state index in [1.807, 2.05) is 48.5 Å². The number of para-hydroxylation sites is 2. The molecule has 0 bridgehead atoms. The first-order valence-electron chi connectivity index (χ1n) is 9.57. The van der Waals surface area contributed by atoms with Gasteiger partial charge in [-0.15, -0.1) is 0 Å². The minimum absolute atomic E-state index is 0.112. The molecule has 0 saturated carbocycles.